The summed E-state index contributed by atoms with van der Waals surface area (Å²) in [5.74, 6) is 2.50. The predicted molar refractivity (Wildman–Crippen MR) is 138 cm³/mol. The molecule has 2 saturated heterocycles. The van der Waals surface area contributed by atoms with E-state index >= 15 is 0 Å². The summed E-state index contributed by atoms with van der Waals surface area (Å²) in [5.41, 5.74) is 2.19. The highest BCUT2D eigenvalue weighted by Gasteiger charge is 2.31. The van der Waals surface area contributed by atoms with Gasteiger partial charge in [-0.15, -0.1) is 0 Å². The van der Waals surface area contributed by atoms with E-state index in [9.17, 15) is 9.18 Å². The molecular weight excluding hydrogens is 493 g/mol. The molecule has 3 aliphatic rings. The summed E-state index contributed by atoms with van der Waals surface area (Å²) in [6.07, 6.45) is 2.26. The van der Waals surface area contributed by atoms with Crippen molar-refractivity contribution in [2.24, 2.45) is 5.92 Å². The molecule has 10 heteroatoms. The summed E-state index contributed by atoms with van der Waals surface area (Å²) < 4.78 is 28.5. The number of benzene rings is 2. The van der Waals surface area contributed by atoms with Gasteiger partial charge in [0, 0.05) is 69.7 Å². The number of fused-ring (bicyclic) bond motifs is 1. The van der Waals surface area contributed by atoms with E-state index < -0.39 is 0 Å². The summed E-state index contributed by atoms with van der Waals surface area (Å²) in [5, 5.41) is 0.903. The second-order valence-electron chi connectivity index (χ2n) is 9.85. The Morgan fingerprint density at radius 3 is 2.46 bits per heavy atom. The van der Waals surface area contributed by atoms with Crippen molar-refractivity contribution < 1.29 is 18.7 Å². The molecule has 1 amide bonds. The van der Waals surface area contributed by atoms with Gasteiger partial charge in [0.25, 0.3) is 0 Å². The van der Waals surface area contributed by atoms with E-state index in [-0.39, 0.29) is 24.4 Å². The van der Waals surface area contributed by atoms with E-state index in [0.717, 1.165) is 86.7 Å². The second kappa shape index (κ2) is 10.6. The van der Waals surface area contributed by atoms with Crippen LogP contribution >= 0.6 is 11.5 Å². The third kappa shape index (κ3) is 5.55. The van der Waals surface area contributed by atoms with Crippen molar-refractivity contribution in [3.05, 3.63) is 65.2 Å². The zero-order chi connectivity index (χ0) is 25.2. The smallest absolute Gasteiger partial charge is 0.231 e. The van der Waals surface area contributed by atoms with Crippen LogP contribution in [0.15, 0.2) is 42.5 Å². The SMILES string of the molecule is O=C(C1CCN(c2nc(Cc3ccc(F)cc3)ns2)CC1)N1CCN(Cc2ccc3c(c2)OCO3)CC1. The molecule has 0 radical (unpaired) electrons. The van der Waals surface area contributed by atoms with Gasteiger partial charge in [-0.05, 0) is 48.2 Å². The lowest BCUT2D eigenvalue weighted by Crippen LogP contribution is -2.51. The Balaban J connectivity index is 0.959. The summed E-state index contributed by atoms with van der Waals surface area (Å²) >= 11 is 1.40. The van der Waals surface area contributed by atoms with Gasteiger partial charge < -0.3 is 19.3 Å². The number of ether oxygens (including phenoxy) is 2. The number of carbonyl (C=O) groups excluding carboxylic acids is 1. The molecule has 6 rings (SSSR count). The van der Waals surface area contributed by atoms with Crippen molar-refractivity contribution in [1.29, 1.82) is 0 Å². The highest BCUT2D eigenvalue weighted by atomic mass is 32.1. The third-order valence-electron chi connectivity index (χ3n) is 7.37. The summed E-state index contributed by atoms with van der Waals surface area (Å²) in [6, 6.07) is 12.6. The molecule has 0 unspecified atom stereocenters. The van der Waals surface area contributed by atoms with Gasteiger partial charge in [0.05, 0.1) is 0 Å². The fraction of sp³-hybridized carbons (Fsp3) is 0.444. The number of amides is 1. The van der Waals surface area contributed by atoms with Crippen LogP contribution in [-0.2, 0) is 17.8 Å². The minimum atomic E-state index is -0.240. The van der Waals surface area contributed by atoms with Gasteiger partial charge >= 0.3 is 0 Å². The molecule has 3 aromatic rings. The first-order chi connectivity index (χ1) is 18.1. The lowest BCUT2D eigenvalue weighted by atomic mass is 9.95. The van der Waals surface area contributed by atoms with Crippen LogP contribution in [-0.4, -0.2) is 71.1 Å². The molecule has 194 valence electrons. The third-order valence-corrected chi connectivity index (χ3v) is 8.19. The highest BCUT2D eigenvalue weighted by molar-refractivity contribution is 7.09. The average Bonchev–Trinajstić information content (AvgIpc) is 3.60. The highest BCUT2D eigenvalue weighted by Crippen LogP contribution is 2.33. The molecule has 0 bridgehead atoms. The quantitative estimate of drug-likeness (QED) is 0.489. The number of nitrogens with zero attached hydrogens (tertiary/aromatic N) is 5. The maximum atomic E-state index is 13.2. The van der Waals surface area contributed by atoms with Gasteiger partial charge in [-0.2, -0.15) is 4.37 Å². The number of hydrogen-bond donors (Lipinski definition) is 0. The summed E-state index contributed by atoms with van der Waals surface area (Å²) in [7, 11) is 0. The molecule has 1 aromatic heterocycles. The van der Waals surface area contributed by atoms with E-state index in [1.165, 1.54) is 29.2 Å². The minimum Gasteiger partial charge on any atom is -0.454 e. The van der Waals surface area contributed by atoms with Gasteiger partial charge in [0.2, 0.25) is 17.8 Å². The van der Waals surface area contributed by atoms with E-state index in [2.05, 4.69) is 26.3 Å². The topological polar surface area (TPSA) is 71.0 Å². The normalized spacial score (nSPS) is 18.4. The Morgan fingerprint density at radius 2 is 1.68 bits per heavy atom. The summed E-state index contributed by atoms with van der Waals surface area (Å²) in [4.78, 5) is 24.6. The van der Waals surface area contributed by atoms with E-state index in [1.54, 1.807) is 12.1 Å². The van der Waals surface area contributed by atoms with Crippen LogP contribution in [0.5, 0.6) is 11.5 Å². The second-order valence-corrected chi connectivity index (χ2v) is 10.6. The number of piperazine rings is 1. The zero-order valence-electron chi connectivity index (χ0n) is 20.6. The Labute approximate surface area is 219 Å². The molecule has 37 heavy (non-hydrogen) atoms. The van der Waals surface area contributed by atoms with Crippen LogP contribution in [0.25, 0.3) is 0 Å². The number of rotatable bonds is 6. The standard InChI is InChI=1S/C27H30FN5O3S/c28-22-4-1-19(2-5-22)16-25-29-27(37-30-25)33-9-7-21(8-10-33)26(34)32-13-11-31(12-14-32)17-20-3-6-23-24(15-20)36-18-35-23/h1-6,15,21H,7-14,16-18H2. The number of halogens is 1. The zero-order valence-corrected chi connectivity index (χ0v) is 21.5. The van der Waals surface area contributed by atoms with Crippen LogP contribution in [0.4, 0.5) is 9.52 Å². The van der Waals surface area contributed by atoms with Crippen molar-refractivity contribution in [1.82, 2.24) is 19.2 Å². The van der Waals surface area contributed by atoms with E-state index in [1.807, 2.05) is 11.0 Å². The van der Waals surface area contributed by atoms with Crippen LogP contribution in [0.3, 0.4) is 0 Å². The number of hydrogen-bond acceptors (Lipinski definition) is 8. The number of aromatic nitrogens is 2. The molecule has 3 aliphatic heterocycles. The first-order valence-electron chi connectivity index (χ1n) is 12.8. The van der Waals surface area contributed by atoms with Crippen molar-refractivity contribution in [2.75, 3.05) is 51.0 Å². The van der Waals surface area contributed by atoms with Gasteiger partial charge in [-0.1, -0.05) is 18.2 Å². The fourth-order valence-electron chi connectivity index (χ4n) is 5.23. The Hall–Kier alpha value is -3.24. The van der Waals surface area contributed by atoms with Crippen LogP contribution in [0, 0.1) is 11.7 Å². The Bertz CT molecular complexity index is 1240. The minimum absolute atomic E-state index is 0.0725. The van der Waals surface area contributed by atoms with E-state index in [4.69, 9.17) is 14.5 Å². The van der Waals surface area contributed by atoms with Crippen molar-refractivity contribution in [3.63, 3.8) is 0 Å². The van der Waals surface area contributed by atoms with Gasteiger partial charge in [-0.3, -0.25) is 9.69 Å². The van der Waals surface area contributed by atoms with Crippen LogP contribution in [0.2, 0.25) is 0 Å². The molecule has 0 spiro atoms. The average molecular weight is 524 g/mol. The van der Waals surface area contributed by atoms with Crippen molar-refractivity contribution in [2.45, 2.75) is 25.8 Å². The maximum Gasteiger partial charge on any atom is 0.231 e. The van der Waals surface area contributed by atoms with Gasteiger partial charge in [0.1, 0.15) is 11.6 Å². The molecule has 0 N–H and O–H groups in total. The molecule has 0 saturated carbocycles. The predicted octanol–water partition coefficient (Wildman–Crippen LogP) is 3.56. The molecule has 4 heterocycles. The molecule has 2 aromatic carbocycles. The fourth-order valence-corrected chi connectivity index (χ4v) is 5.97. The molecule has 2 fully saturated rings. The van der Waals surface area contributed by atoms with Crippen LogP contribution < -0.4 is 14.4 Å². The lowest BCUT2D eigenvalue weighted by molar-refractivity contribution is -0.138. The molecule has 8 nitrogen and oxygen atoms in total. The number of piperidine rings is 1. The first kappa shape index (κ1) is 24.1. The number of anilines is 1. The Morgan fingerprint density at radius 1 is 0.946 bits per heavy atom. The monoisotopic (exact) mass is 523 g/mol. The van der Waals surface area contributed by atoms with Gasteiger partial charge in [-0.25, -0.2) is 9.37 Å². The van der Waals surface area contributed by atoms with E-state index in [0.29, 0.717) is 6.42 Å². The summed E-state index contributed by atoms with van der Waals surface area (Å²) in [6.45, 7) is 6.05. The van der Waals surface area contributed by atoms with Crippen molar-refractivity contribution >= 4 is 22.6 Å². The number of carbonyl (C=O) groups is 1. The van der Waals surface area contributed by atoms with Crippen LogP contribution in [0.1, 0.15) is 29.8 Å². The largest absolute Gasteiger partial charge is 0.454 e. The molecular formula is C27H30FN5O3S. The van der Waals surface area contributed by atoms with Gasteiger partial charge in [0.15, 0.2) is 11.5 Å². The van der Waals surface area contributed by atoms with Crippen molar-refractivity contribution in [3.8, 4) is 11.5 Å². The Kier molecular flexibility index (Phi) is 6.93. The lowest BCUT2D eigenvalue weighted by Gasteiger charge is -2.38. The maximum absolute atomic E-state index is 13.2. The first-order valence-corrected chi connectivity index (χ1v) is 13.6. The molecule has 0 aliphatic carbocycles. The molecule has 0 atom stereocenters.